The molecule has 23 heteroatoms. The maximum atomic E-state index is 13.5. The van der Waals surface area contributed by atoms with Crippen LogP contribution in [0, 0.1) is 0 Å². The van der Waals surface area contributed by atoms with Crippen molar-refractivity contribution in [3.63, 3.8) is 0 Å². The van der Waals surface area contributed by atoms with Crippen LogP contribution >= 0.6 is 0 Å². The van der Waals surface area contributed by atoms with E-state index in [1.54, 1.807) is 6.08 Å². The van der Waals surface area contributed by atoms with Crippen LogP contribution in [0.15, 0.2) is 12.2 Å². The lowest BCUT2D eigenvalue weighted by atomic mass is 9.88. The monoisotopic (exact) mass is 1320 g/mol. The molecule has 3 aliphatic rings. The van der Waals surface area contributed by atoms with E-state index in [0.717, 1.165) is 51.9 Å². The molecule has 0 bridgehead atoms. The molecule has 3 aliphatic heterocycles. The molecule has 540 valence electrons. The molecule has 0 aromatic rings. The third-order valence-electron chi connectivity index (χ3n) is 18.5. The number of carboxylic acid groups (broad SMARTS) is 1. The van der Waals surface area contributed by atoms with E-state index in [4.69, 9.17) is 28.4 Å². The number of nitrogens with one attached hydrogen (secondary N) is 2. The summed E-state index contributed by atoms with van der Waals surface area (Å²) in [5, 5.41) is 136. The minimum atomic E-state index is -3.08. The Balaban J connectivity index is 1.59. The van der Waals surface area contributed by atoms with Crippen LogP contribution in [0.2, 0.25) is 0 Å². The second-order valence-corrected chi connectivity index (χ2v) is 26.5. The first kappa shape index (κ1) is 83.7. The van der Waals surface area contributed by atoms with Gasteiger partial charge in [-0.2, -0.15) is 0 Å². The maximum absolute atomic E-state index is 13.5. The molecule has 3 heterocycles. The zero-order valence-electron chi connectivity index (χ0n) is 56.4. The summed E-state index contributed by atoms with van der Waals surface area (Å²) in [6.07, 6.45) is 19.6. The van der Waals surface area contributed by atoms with Crippen molar-refractivity contribution in [2.75, 3.05) is 26.4 Å². The second kappa shape index (κ2) is 49.9. The molecule has 18 atom stereocenters. The highest BCUT2D eigenvalue weighted by atomic mass is 16.8. The summed E-state index contributed by atoms with van der Waals surface area (Å²) in [4.78, 5) is 38.6. The van der Waals surface area contributed by atoms with Crippen molar-refractivity contribution in [2.45, 2.75) is 381 Å². The fraction of sp³-hybridized carbons (Fsp3) is 0.928. The summed E-state index contributed by atoms with van der Waals surface area (Å²) >= 11 is 0. The number of aliphatic hydroxyl groups is 11. The molecule has 0 aliphatic carbocycles. The quantitative estimate of drug-likeness (QED) is 0.0214. The van der Waals surface area contributed by atoms with Gasteiger partial charge < -0.3 is 100 Å². The highest BCUT2D eigenvalue weighted by molar-refractivity contribution is 5.77. The molecule has 2 amide bonds. The lowest BCUT2D eigenvalue weighted by Crippen LogP contribution is -2.70. The Bertz CT molecular complexity index is 1910. The third-order valence-corrected chi connectivity index (χ3v) is 18.5. The van der Waals surface area contributed by atoms with Crippen molar-refractivity contribution in [3.8, 4) is 0 Å². The van der Waals surface area contributed by atoms with Crippen molar-refractivity contribution < 1.29 is 104 Å². The van der Waals surface area contributed by atoms with Crippen molar-refractivity contribution in [3.05, 3.63) is 12.2 Å². The summed E-state index contributed by atoms with van der Waals surface area (Å²) in [5.74, 6) is -6.13. The Morgan fingerprint density at radius 2 is 1.01 bits per heavy atom. The zero-order valence-corrected chi connectivity index (χ0v) is 56.4. The summed E-state index contributed by atoms with van der Waals surface area (Å²) < 4.78 is 34.8. The Morgan fingerprint density at radius 3 is 1.45 bits per heavy atom. The summed E-state index contributed by atoms with van der Waals surface area (Å²) in [6, 6.07) is -2.61. The van der Waals surface area contributed by atoms with Gasteiger partial charge in [0.05, 0.1) is 50.7 Å². The third kappa shape index (κ3) is 31.8. The van der Waals surface area contributed by atoms with Gasteiger partial charge in [-0.3, -0.25) is 9.59 Å². The first-order valence-electron chi connectivity index (χ1n) is 36.1. The standard InChI is InChI=1S/C69H128N2O21/c1-4-6-8-10-12-14-16-18-20-22-23-24-25-26-27-28-30-32-34-36-38-40-42-51(76)50(71-56(79)43-41-39-37-35-33-31-29-21-19-17-15-13-11-9-7-5-2)48-87-66-61(83)60(82)63(55(47-74)89-66)90-67-62(84)65(59(81)54(46-73)88-67)92-69(68(85)86)44-52(77)57(70-49(3)75)64(91-69)58(80)53(78)45-72/h40,42,50-55,57-67,72-74,76-78,80-84H,4-39,41,43-48H2,1-3H3,(H,70,75)(H,71,79)(H,85,86)/b42-40+. The molecule has 0 aromatic heterocycles. The number of carboxylic acids is 1. The number of carbonyl (C=O) groups excluding carboxylic acids is 2. The molecular formula is C69H128N2O21. The van der Waals surface area contributed by atoms with Crippen LogP contribution < -0.4 is 10.6 Å². The summed E-state index contributed by atoms with van der Waals surface area (Å²) in [5.41, 5.74) is 0. The molecule has 0 radical (unpaired) electrons. The summed E-state index contributed by atoms with van der Waals surface area (Å²) in [6.45, 7) is 2.16. The van der Waals surface area contributed by atoms with Crippen LogP contribution in [0.1, 0.15) is 271 Å². The van der Waals surface area contributed by atoms with Crippen LogP contribution in [0.25, 0.3) is 0 Å². The molecule has 3 fully saturated rings. The van der Waals surface area contributed by atoms with Crippen LogP contribution in [0.5, 0.6) is 0 Å². The highest BCUT2D eigenvalue weighted by Gasteiger charge is 2.60. The number of aliphatic hydroxyl groups excluding tert-OH is 11. The van der Waals surface area contributed by atoms with Crippen molar-refractivity contribution in [2.24, 2.45) is 0 Å². The van der Waals surface area contributed by atoms with Gasteiger partial charge in [0.2, 0.25) is 11.8 Å². The molecule has 18 unspecified atom stereocenters. The molecule has 3 rings (SSSR count). The number of aliphatic carboxylic acids is 1. The first-order valence-corrected chi connectivity index (χ1v) is 36.1. The van der Waals surface area contributed by atoms with Crippen molar-refractivity contribution in [1.29, 1.82) is 0 Å². The van der Waals surface area contributed by atoms with Gasteiger partial charge in [-0.1, -0.05) is 244 Å². The van der Waals surface area contributed by atoms with E-state index in [1.165, 1.54) is 180 Å². The molecule has 3 saturated heterocycles. The lowest BCUT2D eigenvalue weighted by Gasteiger charge is -2.50. The Kier molecular flexibility index (Phi) is 45.4. The highest BCUT2D eigenvalue weighted by Crippen LogP contribution is 2.39. The fourth-order valence-electron chi connectivity index (χ4n) is 12.7. The largest absolute Gasteiger partial charge is 0.477 e. The van der Waals surface area contributed by atoms with Gasteiger partial charge in [-0.15, -0.1) is 0 Å². The van der Waals surface area contributed by atoms with Crippen molar-refractivity contribution in [1.82, 2.24) is 10.6 Å². The Labute approximate surface area is 550 Å². The van der Waals surface area contributed by atoms with E-state index < -0.39 is 155 Å². The van der Waals surface area contributed by atoms with E-state index in [0.29, 0.717) is 12.8 Å². The van der Waals surface area contributed by atoms with E-state index in [9.17, 15) is 75.7 Å². The van der Waals surface area contributed by atoms with E-state index >= 15 is 0 Å². The average molecular weight is 1320 g/mol. The number of ether oxygens (including phenoxy) is 6. The molecule has 92 heavy (non-hydrogen) atoms. The number of hydrogen-bond donors (Lipinski definition) is 14. The van der Waals surface area contributed by atoms with Gasteiger partial charge in [0.25, 0.3) is 5.79 Å². The van der Waals surface area contributed by atoms with Crippen LogP contribution in [-0.2, 0) is 42.8 Å². The molecule has 0 saturated carbocycles. The molecule has 23 nitrogen and oxygen atoms in total. The van der Waals surface area contributed by atoms with Crippen molar-refractivity contribution >= 4 is 17.8 Å². The topological polar surface area (TPSA) is 373 Å². The number of hydrogen-bond acceptors (Lipinski definition) is 20. The Hall–Kier alpha value is -2.53. The summed E-state index contributed by atoms with van der Waals surface area (Å²) in [7, 11) is 0. The van der Waals surface area contributed by atoms with Crippen LogP contribution in [0.4, 0.5) is 0 Å². The maximum Gasteiger partial charge on any atom is 0.364 e. The molecule has 0 spiro atoms. The van der Waals surface area contributed by atoms with E-state index in [1.807, 2.05) is 6.08 Å². The molecule has 0 aromatic carbocycles. The predicted molar refractivity (Wildman–Crippen MR) is 348 cm³/mol. The lowest BCUT2D eigenvalue weighted by molar-refractivity contribution is -0.386. The van der Waals surface area contributed by atoms with E-state index in [2.05, 4.69) is 24.5 Å². The number of rotatable bonds is 55. The van der Waals surface area contributed by atoms with Gasteiger partial charge >= 0.3 is 5.97 Å². The minimum absolute atomic E-state index is 0.205. The smallest absolute Gasteiger partial charge is 0.364 e. The van der Waals surface area contributed by atoms with Gasteiger partial charge in [-0.05, 0) is 19.3 Å². The van der Waals surface area contributed by atoms with E-state index in [-0.39, 0.29) is 12.3 Å². The fourth-order valence-corrected chi connectivity index (χ4v) is 12.7. The van der Waals surface area contributed by atoms with Crippen LogP contribution in [-0.4, -0.2) is 215 Å². The normalized spacial score (nSPS) is 28.3. The number of unbranched alkanes of at least 4 members (excludes halogenated alkanes) is 35. The van der Waals surface area contributed by atoms with Gasteiger partial charge in [0.15, 0.2) is 12.6 Å². The Morgan fingerprint density at radius 1 is 0.565 bits per heavy atom. The van der Waals surface area contributed by atoms with Gasteiger partial charge in [0, 0.05) is 19.8 Å². The first-order chi connectivity index (χ1) is 44.4. The minimum Gasteiger partial charge on any atom is -0.477 e. The molecule has 14 N–H and O–H groups in total. The van der Waals surface area contributed by atoms with Gasteiger partial charge in [0.1, 0.15) is 67.1 Å². The number of allylic oxidation sites excluding steroid dienone is 1. The number of carbonyl (C=O) groups is 3. The average Bonchev–Trinajstić information content (AvgIpc) is 0.766. The molecular weight excluding hydrogens is 1190 g/mol. The van der Waals surface area contributed by atoms with Crippen LogP contribution in [0.3, 0.4) is 0 Å². The second-order valence-electron chi connectivity index (χ2n) is 26.5. The SMILES string of the molecule is CCCCCCCCCCCCCCCCCCCCCC/C=C/C(O)C(COC1OC(CO)C(OC2OC(CO)C(O)C(OC3(C(=O)O)CC(O)C(NC(C)=O)C(C(O)C(O)CO)O3)C2O)C(O)C1O)NC(=O)CCCCCCCCCCCCCCCCCC. The predicted octanol–water partition coefficient (Wildman–Crippen LogP) is 7.07. The number of amides is 2. The van der Waals surface area contributed by atoms with Gasteiger partial charge in [-0.25, -0.2) is 4.79 Å². The zero-order chi connectivity index (χ0) is 67.5.